The number of nitrogens with zero attached hydrogens (tertiary/aromatic N) is 2. The van der Waals surface area contributed by atoms with Gasteiger partial charge in [0.15, 0.2) is 0 Å². The molecule has 0 N–H and O–H groups in total. The van der Waals surface area contributed by atoms with E-state index in [1.807, 2.05) is 4.90 Å². The topological polar surface area (TPSA) is 32.8 Å². The minimum absolute atomic E-state index is 0.0543. The number of carbonyl (C=O) groups is 1. The molecule has 1 aromatic rings. The Labute approximate surface area is 137 Å². The van der Waals surface area contributed by atoms with E-state index >= 15 is 0 Å². The number of amides is 1. The van der Waals surface area contributed by atoms with E-state index in [-0.39, 0.29) is 30.0 Å². The monoisotopic (exact) mass is 320 g/mol. The smallest absolute Gasteiger partial charge is 0.254 e. The third kappa shape index (κ3) is 3.90. The van der Waals surface area contributed by atoms with E-state index in [1.165, 1.54) is 12.1 Å². The zero-order chi connectivity index (χ0) is 16.4. The van der Waals surface area contributed by atoms with E-state index in [9.17, 15) is 9.18 Å². The lowest BCUT2D eigenvalue weighted by Gasteiger charge is -2.38. The molecular weight excluding hydrogens is 295 g/mol. The molecule has 4 nitrogen and oxygen atoms in total. The minimum atomic E-state index is -0.359. The highest BCUT2D eigenvalue weighted by Crippen LogP contribution is 2.23. The molecule has 0 saturated carbocycles. The van der Waals surface area contributed by atoms with Crippen molar-refractivity contribution in [3.8, 4) is 0 Å². The Bertz CT molecular complexity index is 556. The van der Waals surface area contributed by atoms with E-state index in [4.69, 9.17) is 4.74 Å². The van der Waals surface area contributed by atoms with E-state index in [0.29, 0.717) is 5.56 Å². The van der Waals surface area contributed by atoms with Crippen LogP contribution in [0.1, 0.15) is 37.0 Å². The number of hydrogen-bond acceptors (Lipinski definition) is 3. The van der Waals surface area contributed by atoms with Crippen LogP contribution in [0.3, 0.4) is 0 Å². The number of hydrogen-bond donors (Lipinski definition) is 0. The number of carbonyl (C=O) groups excluding carboxylic acids is 1. The SMILES string of the molecule is CC1CN(CC2CCCN2C(=O)c2cccc(F)c2)CC(C)O1. The van der Waals surface area contributed by atoms with Gasteiger partial charge in [-0.25, -0.2) is 4.39 Å². The molecule has 2 aliphatic heterocycles. The van der Waals surface area contributed by atoms with Crippen molar-refractivity contribution in [2.75, 3.05) is 26.2 Å². The van der Waals surface area contributed by atoms with Crippen LogP contribution < -0.4 is 0 Å². The van der Waals surface area contributed by atoms with Gasteiger partial charge in [-0.3, -0.25) is 9.69 Å². The highest BCUT2D eigenvalue weighted by atomic mass is 19.1. The van der Waals surface area contributed by atoms with Crippen LogP contribution >= 0.6 is 0 Å². The summed E-state index contributed by atoms with van der Waals surface area (Å²) in [5.41, 5.74) is 0.445. The first-order chi connectivity index (χ1) is 11.0. The van der Waals surface area contributed by atoms with Crippen molar-refractivity contribution in [3.05, 3.63) is 35.6 Å². The number of benzene rings is 1. The predicted octanol–water partition coefficient (Wildman–Crippen LogP) is 2.54. The van der Waals surface area contributed by atoms with Crippen LogP contribution in [0.15, 0.2) is 24.3 Å². The van der Waals surface area contributed by atoms with Crippen molar-refractivity contribution in [1.82, 2.24) is 9.80 Å². The molecule has 23 heavy (non-hydrogen) atoms. The van der Waals surface area contributed by atoms with Gasteiger partial charge in [-0.1, -0.05) is 6.07 Å². The molecule has 3 atom stereocenters. The van der Waals surface area contributed by atoms with Crippen molar-refractivity contribution in [2.24, 2.45) is 0 Å². The summed E-state index contributed by atoms with van der Waals surface area (Å²) in [5.74, 6) is -0.413. The minimum Gasteiger partial charge on any atom is -0.373 e. The van der Waals surface area contributed by atoms with Gasteiger partial charge < -0.3 is 9.64 Å². The second kappa shape index (κ2) is 6.97. The van der Waals surface area contributed by atoms with Gasteiger partial charge >= 0.3 is 0 Å². The summed E-state index contributed by atoms with van der Waals surface area (Å²) in [4.78, 5) is 17.0. The van der Waals surface area contributed by atoms with Crippen LogP contribution in [-0.2, 0) is 4.74 Å². The molecule has 1 aromatic carbocycles. The van der Waals surface area contributed by atoms with Crippen LogP contribution in [0.4, 0.5) is 4.39 Å². The van der Waals surface area contributed by atoms with Crippen LogP contribution in [0.5, 0.6) is 0 Å². The molecule has 1 amide bonds. The largest absolute Gasteiger partial charge is 0.373 e. The zero-order valence-electron chi connectivity index (χ0n) is 13.9. The fourth-order valence-corrected chi connectivity index (χ4v) is 3.81. The molecule has 2 aliphatic rings. The van der Waals surface area contributed by atoms with Gasteiger partial charge in [-0.2, -0.15) is 0 Å². The van der Waals surface area contributed by atoms with E-state index in [0.717, 1.165) is 39.0 Å². The molecule has 2 heterocycles. The highest BCUT2D eigenvalue weighted by Gasteiger charge is 2.32. The fourth-order valence-electron chi connectivity index (χ4n) is 3.81. The number of ether oxygens (including phenoxy) is 1. The molecule has 0 aliphatic carbocycles. The quantitative estimate of drug-likeness (QED) is 0.858. The Morgan fingerprint density at radius 3 is 2.74 bits per heavy atom. The Hall–Kier alpha value is -1.46. The molecule has 0 aromatic heterocycles. The molecule has 0 bridgehead atoms. The lowest BCUT2D eigenvalue weighted by atomic mass is 10.1. The van der Waals surface area contributed by atoms with Crippen LogP contribution in [0.2, 0.25) is 0 Å². The van der Waals surface area contributed by atoms with Gasteiger partial charge in [0.25, 0.3) is 5.91 Å². The summed E-state index contributed by atoms with van der Waals surface area (Å²) >= 11 is 0. The first-order valence-electron chi connectivity index (χ1n) is 8.47. The Morgan fingerprint density at radius 1 is 1.30 bits per heavy atom. The zero-order valence-corrected chi connectivity index (χ0v) is 13.9. The molecule has 0 spiro atoms. The summed E-state index contributed by atoms with van der Waals surface area (Å²) in [6.45, 7) is 7.63. The molecule has 126 valence electrons. The van der Waals surface area contributed by atoms with E-state index in [1.54, 1.807) is 12.1 Å². The first kappa shape index (κ1) is 16.4. The predicted molar refractivity (Wildman–Crippen MR) is 86.9 cm³/mol. The fraction of sp³-hybridized carbons (Fsp3) is 0.611. The first-order valence-corrected chi connectivity index (χ1v) is 8.47. The second-order valence-electron chi connectivity index (χ2n) is 6.78. The van der Waals surface area contributed by atoms with Gasteiger partial charge in [0.05, 0.1) is 12.2 Å². The highest BCUT2D eigenvalue weighted by molar-refractivity contribution is 5.94. The summed E-state index contributed by atoms with van der Waals surface area (Å²) < 4.78 is 19.2. The average molecular weight is 320 g/mol. The standard InChI is InChI=1S/C18H25FN2O2/c1-13-10-20(11-14(2)23-13)12-17-7-4-8-21(17)18(22)15-5-3-6-16(19)9-15/h3,5-6,9,13-14,17H,4,7-8,10-12H2,1-2H3. The average Bonchev–Trinajstić information content (AvgIpc) is 2.93. The van der Waals surface area contributed by atoms with Gasteiger partial charge in [-0.05, 0) is 44.9 Å². The van der Waals surface area contributed by atoms with Crippen molar-refractivity contribution >= 4 is 5.91 Å². The van der Waals surface area contributed by atoms with Crippen LogP contribution in [-0.4, -0.2) is 60.1 Å². The summed E-state index contributed by atoms with van der Waals surface area (Å²) in [6.07, 6.45) is 2.49. The molecule has 0 radical (unpaired) electrons. The van der Waals surface area contributed by atoms with E-state index < -0.39 is 0 Å². The van der Waals surface area contributed by atoms with Gasteiger partial charge in [0.1, 0.15) is 5.82 Å². The van der Waals surface area contributed by atoms with Crippen molar-refractivity contribution in [3.63, 3.8) is 0 Å². The molecule has 2 saturated heterocycles. The third-order valence-corrected chi connectivity index (χ3v) is 4.67. The Morgan fingerprint density at radius 2 is 2.04 bits per heavy atom. The summed E-state index contributed by atoms with van der Waals surface area (Å²) in [5, 5.41) is 0. The maximum absolute atomic E-state index is 13.4. The van der Waals surface area contributed by atoms with Crippen LogP contribution in [0.25, 0.3) is 0 Å². The lowest BCUT2D eigenvalue weighted by Crippen LogP contribution is -2.50. The number of halogens is 1. The Balaban J connectivity index is 1.66. The molecule has 3 unspecified atom stereocenters. The molecule has 5 heteroatoms. The van der Waals surface area contributed by atoms with Crippen molar-refractivity contribution in [2.45, 2.75) is 44.9 Å². The number of likely N-dealkylation sites (tertiary alicyclic amines) is 1. The Kier molecular flexibility index (Phi) is 4.97. The van der Waals surface area contributed by atoms with Gasteiger partial charge in [-0.15, -0.1) is 0 Å². The van der Waals surface area contributed by atoms with E-state index in [2.05, 4.69) is 18.7 Å². The maximum Gasteiger partial charge on any atom is 0.254 e. The van der Waals surface area contributed by atoms with Gasteiger partial charge in [0.2, 0.25) is 0 Å². The molecule has 3 rings (SSSR count). The van der Waals surface area contributed by atoms with Crippen molar-refractivity contribution < 1.29 is 13.9 Å². The number of rotatable bonds is 3. The van der Waals surface area contributed by atoms with Crippen LogP contribution in [0, 0.1) is 5.82 Å². The van der Waals surface area contributed by atoms with Crippen molar-refractivity contribution in [1.29, 1.82) is 0 Å². The summed E-state index contributed by atoms with van der Waals surface area (Å²) in [6, 6.07) is 6.20. The summed E-state index contributed by atoms with van der Waals surface area (Å²) in [7, 11) is 0. The normalized spacial score (nSPS) is 29.0. The maximum atomic E-state index is 13.4. The van der Waals surface area contributed by atoms with Gasteiger partial charge in [0, 0.05) is 37.8 Å². The molecular formula is C18H25FN2O2. The molecule has 2 fully saturated rings. The lowest BCUT2D eigenvalue weighted by molar-refractivity contribution is -0.0715. The second-order valence-corrected chi connectivity index (χ2v) is 6.78. The number of morpholine rings is 1. The third-order valence-electron chi connectivity index (χ3n) is 4.67.